The molecule has 0 atom stereocenters. The number of hydrogen-bond acceptors (Lipinski definition) is 4. The molecular formula is C20H26N4O2S. The third kappa shape index (κ3) is 4.04. The molecule has 1 N–H and O–H groups in total. The number of nitrogens with zero attached hydrogens (tertiary/aromatic N) is 3. The fourth-order valence-corrected chi connectivity index (χ4v) is 4.72. The Morgan fingerprint density at radius 2 is 1.74 bits per heavy atom. The van der Waals surface area contributed by atoms with Gasteiger partial charge in [0.1, 0.15) is 5.82 Å². The number of aromatic nitrogens is 3. The highest BCUT2D eigenvalue weighted by Crippen LogP contribution is 2.29. The molecule has 0 radical (unpaired) electrons. The Labute approximate surface area is 160 Å². The molecule has 0 saturated heterocycles. The van der Waals surface area contributed by atoms with Crippen molar-refractivity contribution in [1.29, 1.82) is 0 Å². The Hall–Kier alpha value is -2.25. The summed E-state index contributed by atoms with van der Waals surface area (Å²) in [6.45, 7) is 10.3. The van der Waals surface area contributed by atoms with E-state index in [1.54, 1.807) is 0 Å². The average molecular weight is 387 g/mol. The van der Waals surface area contributed by atoms with Crippen LogP contribution < -0.4 is 4.72 Å². The summed E-state index contributed by atoms with van der Waals surface area (Å²) in [6.07, 6.45) is 2.33. The van der Waals surface area contributed by atoms with Gasteiger partial charge in [-0.25, -0.2) is 13.1 Å². The van der Waals surface area contributed by atoms with Gasteiger partial charge in [-0.1, -0.05) is 39.0 Å². The maximum Gasteiger partial charge on any atom is 0.241 e. The van der Waals surface area contributed by atoms with E-state index in [-0.39, 0.29) is 12.0 Å². The minimum atomic E-state index is -3.60. The molecule has 0 spiro atoms. The number of benzene rings is 1. The van der Waals surface area contributed by atoms with Gasteiger partial charge in [0.25, 0.3) is 0 Å². The van der Waals surface area contributed by atoms with E-state index in [9.17, 15) is 8.42 Å². The van der Waals surface area contributed by atoms with Crippen molar-refractivity contribution in [1.82, 2.24) is 19.3 Å². The zero-order valence-corrected chi connectivity index (χ0v) is 17.3. The number of aryl methyl sites for hydroxylation is 2. The van der Waals surface area contributed by atoms with Crippen LogP contribution in [0.2, 0.25) is 0 Å². The molecule has 2 aromatic heterocycles. The molecule has 1 aromatic carbocycles. The molecule has 0 aliphatic rings. The van der Waals surface area contributed by atoms with Crippen molar-refractivity contribution in [3.63, 3.8) is 0 Å². The van der Waals surface area contributed by atoms with Crippen molar-refractivity contribution in [3.05, 3.63) is 59.0 Å². The summed E-state index contributed by atoms with van der Waals surface area (Å²) in [6, 6.07) is 9.59. The molecule has 6 nitrogen and oxygen atoms in total. The van der Waals surface area contributed by atoms with E-state index in [1.807, 2.05) is 54.8 Å². The van der Waals surface area contributed by atoms with Crippen molar-refractivity contribution in [2.45, 2.75) is 51.3 Å². The van der Waals surface area contributed by atoms with Crippen LogP contribution >= 0.6 is 0 Å². The van der Waals surface area contributed by atoms with Gasteiger partial charge in [0.15, 0.2) is 5.65 Å². The molecule has 0 unspecified atom stereocenters. The van der Waals surface area contributed by atoms with Gasteiger partial charge in [-0.2, -0.15) is 0 Å². The van der Waals surface area contributed by atoms with Crippen molar-refractivity contribution in [2.24, 2.45) is 0 Å². The topological polar surface area (TPSA) is 76.4 Å². The smallest absolute Gasteiger partial charge is 0.241 e. The van der Waals surface area contributed by atoms with Gasteiger partial charge in [-0.15, -0.1) is 10.2 Å². The predicted octanol–water partition coefficient (Wildman–Crippen LogP) is 3.16. The number of pyridine rings is 1. The number of hydrogen-bond donors (Lipinski definition) is 1. The van der Waals surface area contributed by atoms with Gasteiger partial charge >= 0.3 is 0 Å². The van der Waals surface area contributed by atoms with E-state index < -0.39 is 10.0 Å². The average Bonchev–Trinajstić information content (AvgIpc) is 2.96. The highest BCUT2D eigenvalue weighted by Gasteiger charge is 2.23. The summed E-state index contributed by atoms with van der Waals surface area (Å²) in [5, 5.41) is 8.23. The quantitative estimate of drug-likeness (QED) is 0.731. The van der Waals surface area contributed by atoms with Gasteiger partial charge in [-0.3, -0.25) is 4.40 Å². The summed E-state index contributed by atoms with van der Waals surface area (Å²) in [5.41, 5.74) is 3.38. The van der Waals surface area contributed by atoms with Crippen LogP contribution in [0.3, 0.4) is 0 Å². The molecule has 144 valence electrons. The SMILES string of the molecule is Cc1cc(C(C)(C)C)cc(C)c1S(=O)(=O)NCCc1nnc2ccccn12. The molecule has 0 saturated carbocycles. The Kier molecular flexibility index (Phi) is 5.10. The largest absolute Gasteiger partial charge is 0.286 e. The van der Waals surface area contributed by atoms with E-state index in [2.05, 4.69) is 35.7 Å². The number of nitrogens with one attached hydrogen (secondary N) is 1. The monoisotopic (exact) mass is 386 g/mol. The third-order valence-corrected chi connectivity index (χ3v) is 6.39. The molecular weight excluding hydrogens is 360 g/mol. The minimum Gasteiger partial charge on any atom is -0.286 e. The third-order valence-electron chi connectivity index (χ3n) is 4.62. The molecule has 0 aliphatic carbocycles. The summed E-state index contributed by atoms with van der Waals surface area (Å²) in [5.74, 6) is 0.727. The molecule has 3 aromatic rings. The molecule has 27 heavy (non-hydrogen) atoms. The minimum absolute atomic E-state index is 0.0278. The highest BCUT2D eigenvalue weighted by molar-refractivity contribution is 7.89. The second-order valence-electron chi connectivity index (χ2n) is 7.88. The first kappa shape index (κ1) is 19.5. The summed E-state index contributed by atoms with van der Waals surface area (Å²) >= 11 is 0. The summed E-state index contributed by atoms with van der Waals surface area (Å²) in [7, 11) is -3.60. The second kappa shape index (κ2) is 7.05. The van der Waals surface area contributed by atoms with Gasteiger partial charge in [0.2, 0.25) is 10.0 Å². The Balaban J connectivity index is 1.79. The standard InChI is InChI=1S/C20H26N4O2S/c1-14-12-16(20(3,4)5)13-15(2)19(14)27(25,26)21-10-9-18-23-22-17-8-6-7-11-24(17)18/h6-8,11-13,21H,9-10H2,1-5H3. The molecule has 3 rings (SSSR count). The van der Waals surface area contributed by atoms with Crippen LogP contribution in [-0.4, -0.2) is 29.6 Å². The fourth-order valence-electron chi connectivity index (χ4n) is 3.24. The van der Waals surface area contributed by atoms with E-state index >= 15 is 0 Å². The predicted molar refractivity (Wildman–Crippen MR) is 106 cm³/mol. The van der Waals surface area contributed by atoms with Crippen molar-refractivity contribution in [3.8, 4) is 0 Å². The molecule has 0 amide bonds. The number of sulfonamides is 1. The van der Waals surface area contributed by atoms with E-state index in [1.165, 1.54) is 0 Å². The van der Waals surface area contributed by atoms with Gasteiger partial charge in [0, 0.05) is 19.2 Å². The van der Waals surface area contributed by atoms with Crippen molar-refractivity contribution >= 4 is 15.7 Å². The van der Waals surface area contributed by atoms with E-state index in [0.717, 1.165) is 28.2 Å². The van der Waals surface area contributed by atoms with E-state index in [4.69, 9.17) is 0 Å². The molecule has 0 fully saturated rings. The Morgan fingerprint density at radius 3 is 2.37 bits per heavy atom. The first-order chi connectivity index (χ1) is 12.6. The van der Waals surface area contributed by atoms with Crippen LogP contribution in [0, 0.1) is 13.8 Å². The first-order valence-electron chi connectivity index (χ1n) is 8.99. The maximum atomic E-state index is 12.9. The molecule has 7 heteroatoms. The number of fused-ring (bicyclic) bond motifs is 1. The zero-order valence-electron chi connectivity index (χ0n) is 16.4. The van der Waals surface area contributed by atoms with Crippen LogP contribution in [-0.2, 0) is 21.9 Å². The zero-order chi connectivity index (χ0) is 19.8. The number of rotatable bonds is 5. The molecule has 0 bridgehead atoms. The maximum absolute atomic E-state index is 12.9. The molecule has 0 aliphatic heterocycles. The van der Waals surface area contributed by atoms with Crippen molar-refractivity contribution < 1.29 is 8.42 Å². The lowest BCUT2D eigenvalue weighted by Gasteiger charge is -2.22. The van der Waals surface area contributed by atoms with Crippen LogP contribution in [0.5, 0.6) is 0 Å². The first-order valence-corrected chi connectivity index (χ1v) is 10.5. The lowest BCUT2D eigenvalue weighted by atomic mass is 9.85. The van der Waals surface area contributed by atoms with Crippen LogP contribution in [0.1, 0.15) is 43.3 Å². The van der Waals surface area contributed by atoms with Gasteiger partial charge in [0.05, 0.1) is 4.90 Å². The van der Waals surface area contributed by atoms with E-state index in [0.29, 0.717) is 11.3 Å². The highest BCUT2D eigenvalue weighted by atomic mass is 32.2. The van der Waals surface area contributed by atoms with Gasteiger partial charge in [-0.05, 0) is 48.1 Å². The Morgan fingerprint density at radius 1 is 1.07 bits per heavy atom. The fraction of sp³-hybridized carbons (Fsp3) is 0.400. The van der Waals surface area contributed by atoms with Crippen LogP contribution in [0.4, 0.5) is 0 Å². The van der Waals surface area contributed by atoms with Crippen LogP contribution in [0.25, 0.3) is 5.65 Å². The lowest BCUT2D eigenvalue weighted by molar-refractivity contribution is 0.575. The van der Waals surface area contributed by atoms with Crippen molar-refractivity contribution in [2.75, 3.05) is 6.54 Å². The summed E-state index contributed by atoms with van der Waals surface area (Å²) in [4.78, 5) is 0.363. The molecule has 2 heterocycles. The lowest BCUT2D eigenvalue weighted by Crippen LogP contribution is -2.28. The summed E-state index contributed by atoms with van der Waals surface area (Å²) < 4.78 is 30.3. The van der Waals surface area contributed by atoms with Gasteiger partial charge < -0.3 is 0 Å². The normalized spacial score (nSPS) is 12.6. The Bertz CT molecular complexity index is 1060. The second-order valence-corrected chi connectivity index (χ2v) is 9.59. The van der Waals surface area contributed by atoms with Crippen LogP contribution in [0.15, 0.2) is 41.4 Å².